The molecule has 0 aromatic carbocycles. The Balaban J connectivity index is 4.07. The standard InChI is InChI=1S/C6H4Cl2O3/c1-3(7)5(9)11-6(10)4(2)8/h1-2H2. The van der Waals surface area contributed by atoms with Gasteiger partial charge in [0.05, 0.1) is 0 Å². The van der Waals surface area contributed by atoms with Crippen LogP contribution >= 0.6 is 23.2 Å². The first-order valence-electron chi connectivity index (χ1n) is 2.40. The lowest BCUT2D eigenvalue weighted by molar-refractivity contribution is -0.153. The van der Waals surface area contributed by atoms with Crippen LogP contribution in [0.3, 0.4) is 0 Å². The highest BCUT2D eigenvalue weighted by atomic mass is 35.5. The lowest BCUT2D eigenvalue weighted by Gasteiger charge is -1.97. The van der Waals surface area contributed by atoms with E-state index in [1.54, 1.807) is 0 Å². The number of carbonyl (C=O) groups is 2. The molecule has 0 amide bonds. The zero-order valence-corrected chi connectivity index (χ0v) is 6.91. The summed E-state index contributed by atoms with van der Waals surface area (Å²) >= 11 is 10.2. The molecular weight excluding hydrogens is 191 g/mol. The fourth-order valence-electron chi connectivity index (χ4n) is 0.195. The Kier molecular flexibility index (Phi) is 3.85. The van der Waals surface area contributed by atoms with E-state index < -0.39 is 22.0 Å². The van der Waals surface area contributed by atoms with Gasteiger partial charge in [-0.05, 0) is 0 Å². The number of rotatable bonds is 2. The first-order valence-corrected chi connectivity index (χ1v) is 3.16. The molecule has 0 radical (unpaired) electrons. The summed E-state index contributed by atoms with van der Waals surface area (Å²) < 4.78 is 4.03. The molecule has 0 atom stereocenters. The number of ether oxygens (including phenoxy) is 1. The van der Waals surface area contributed by atoms with Gasteiger partial charge in [-0.1, -0.05) is 36.4 Å². The van der Waals surface area contributed by atoms with Crippen LogP contribution in [0.2, 0.25) is 0 Å². The van der Waals surface area contributed by atoms with Crippen LogP contribution in [-0.4, -0.2) is 11.9 Å². The molecule has 0 aromatic heterocycles. The molecule has 0 N–H and O–H groups in total. The zero-order chi connectivity index (χ0) is 9.02. The van der Waals surface area contributed by atoms with Crippen molar-refractivity contribution >= 4 is 35.1 Å². The van der Waals surface area contributed by atoms with Crippen molar-refractivity contribution in [1.29, 1.82) is 0 Å². The lowest BCUT2D eigenvalue weighted by atomic mass is 10.6. The third kappa shape index (κ3) is 3.80. The summed E-state index contributed by atoms with van der Waals surface area (Å²) in [4.78, 5) is 21.0. The SMILES string of the molecule is C=C(Cl)C(=O)OC(=O)C(=C)Cl. The second kappa shape index (κ2) is 4.16. The average Bonchev–Trinajstić information content (AvgIpc) is 1.87. The third-order valence-corrected chi connectivity index (χ3v) is 0.937. The molecule has 11 heavy (non-hydrogen) atoms. The highest BCUT2D eigenvalue weighted by molar-refractivity contribution is 6.44. The van der Waals surface area contributed by atoms with Gasteiger partial charge in [-0.25, -0.2) is 9.59 Å². The van der Waals surface area contributed by atoms with Crippen molar-refractivity contribution in [2.24, 2.45) is 0 Å². The van der Waals surface area contributed by atoms with Gasteiger partial charge in [-0.3, -0.25) is 0 Å². The minimum atomic E-state index is -1.03. The van der Waals surface area contributed by atoms with Crippen LogP contribution in [0.1, 0.15) is 0 Å². The molecule has 0 aliphatic heterocycles. The topological polar surface area (TPSA) is 43.4 Å². The van der Waals surface area contributed by atoms with Gasteiger partial charge in [0.2, 0.25) is 0 Å². The Morgan fingerprint density at radius 2 is 1.27 bits per heavy atom. The van der Waals surface area contributed by atoms with Gasteiger partial charge in [0.15, 0.2) is 0 Å². The Morgan fingerprint density at radius 3 is 1.45 bits per heavy atom. The summed E-state index contributed by atoms with van der Waals surface area (Å²) in [6.07, 6.45) is 0. The van der Waals surface area contributed by atoms with Crippen molar-refractivity contribution in [3.05, 3.63) is 23.2 Å². The van der Waals surface area contributed by atoms with Crippen molar-refractivity contribution in [3.8, 4) is 0 Å². The maximum atomic E-state index is 10.5. The van der Waals surface area contributed by atoms with Crippen molar-refractivity contribution in [3.63, 3.8) is 0 Å². The van der Waals surface area contributed by atoms with E-state index in [-0.39, 0.29) is 0 Å². The summed E-state index contributed by atoms with van der Waals surface area (Å²) in [6.45, 7) is 6.07. The van der Waals surface area contributed by atoms with E-state index in [0.717, 1.165) is 0 Å². The molecule has 0 saturated carbocycles. The molecular formula is C6H4Cl2O3. The smallest absolute Gasteiger partial charge is 0.357 e. The molecule has 3 nitrogen and oxygen atoms in total. The fraction of sp³-hybridized carbons (Fsp3) is 0. The van der Waals surface area contributed by atoms with E-state index in [9.17, 15) is 9.59 Å². The van der Waals surface area contributed by atoms with E-state index in [0.29, 0.717) is 0 Å². The maximum Gasteiger partial charge on any atom is 0.357 e. The van der Waals surface area contributed by atoms with Gasteiger partial charge >= 0.3 is 11.9 Å². The highest BCUT2D eigenvalue weighted by Crippen LogP contribution is 2.05. The van der Waals surface area contributed by atoms with Crippen molar-refractivity contribution in [1.82, 2.24) is 0 Å². The Hall–Kier alpha value is -0.800. The minimum absolute atomic E-state index is 0.392. The van der Waals surface area contributed by atoms with Gasteiger partial charge in [0, 0.05) is 0 Å². The summed E-state index contributed by atoms with van der Waals surface area (Å²) in [7, 11) is 0. The minimum Gasteiger partial charge on any atom is -0.384 e. The molecule has 0 unspecified atom stereocenters. The van der Waals surface area contributed by atoms with Crippen LogP contribution in [0, 0.1) is 0 Å². The molecule has 0 aliphatic rings. The highest BCUT2D eigenvalue weighted by Gasteiger charge is 2.13. The summed E-state index contributed by atoms with van der Waals surface area (Å²) in [6, 6.07) is 0. The van der Waals surface area contributed by atoms with Crippen LogP contribution in [0.15, 0.2) is 23.2 Å². The number of halogens is 2. The number of carbonyl (C=O) groups excluding carboxylic acids is 2. The predicted octanol–water partition coefficient (Wildman–Crippen LogP) is 1.56. The van der Waals surface area contributed by atoms with Crippen molar-refractivity contribution in [2.45, 2.75) is 0 Å². The molecule has 0 heterocycles. The zero-order valence-electron chi connectivity index (χ0n) is 5.39. The van der Waals surface area contributed by atoms with E-state index in [4.69, 9.17) is 23.2 Å². The maximum absolute atomic E-state index is 10.5. The monoisotopic (exact) mass is 194 g/mol. The second-order valence-corrected chi connectivity index (χ2v) is 2.40. The van der Waals surface area contributed by atoms with Gasteiger partial charge in [-0.2, -0.15) is 0 Å². The molecule has 0 saturated heterocycles. The van der Waals surface area contributed by atoms with E-state index in [1.807, 2.05) is 0 Å². The fourth-order valence-corrected chi connectivity index (χ4v) is 0.272. The number of esters is 2. The lowest BCUT2D eigenvalue weighted by Crippen LogP contribution is -2.11. The van der Waals surface area contributed by atoms with Gasteiger partial charge in [0.1, 0.15) is 10.1 Å². The van der Waals surface area contributed by atoms with E-state index >= 15 is 0 Å². The molecule has 0 aliphatic carbocycles. The molecule has 0 spiro atoms. The Bertz CT molecular complexity index is 208. The molecule has 60 valence electrons. The van der Waals surface area contributed by atoms with Crippen LogP contribution in [-0.2, 0) is 14.3 Å². The van der Waals surface area contributed by atoms with Crippen molar-refractivity contribution < 1.29 is 14.3 Å². The van der Waals surface area contributed by atoms with Gasteiger partial charge in [-0.15, -0.1) is 0 Å². The number of hydrogen-bond acceptors (Lipinski definition) is 3. The van der Waals surface area contributed by atoms with Crippen LogP contribution in [0.4, 0.5) is 0 Å². The normalized spacial score (nSPS) is 8.55. The first-order chi connectivity index (χ1) is 4.95. The van der Waals surface area contributed by atoms with Crippen LogP contribution < -0.4 is 0 Å². The molecule has 0 bridgehead atoms. The first kappa shape index (κ1) is 10.2. The van der Waals surface area contributed by atoms with Gasteiger partial charge < -0.3 is 4.74 Å². The number of hydrogen-bond donors (Lipinski definition) is 0. The molecule has 5 heteroatoms. The summed E-state index contributed by atoms with van der Waals surface area (Å²) in [5, 5.41) is -0.785. The Labute approximate surface area is 73.2 Å². The summed E-state index contributed by atoms with van der Waals surface area (Å²) in [5.41, 5.74) is 0. The molecule has 0 rings (SSSR count). The van der Waals surface area contributed by atoms with Gasteiger partial charge in [0.25, 0.3) is 0 Å². The third-order valence-electron chi connectivity index (χ3n) is 0.628. The van der Waals surface area contributed by atoms with E-state index in [1.165, 1.54) is 0 Å². The second-order valence-electron chi connectivity index (χ2n) is 1.49. The molecule has 0 fully saturated rings. The average molecular weight is 195 g/mol. The summed E-state index contributed by atoms with van der Waals surface area (Å²) in [5.74, 6) is -2.06. The van der Waals surface area contributed by atoms with E-state index in [2.05, 4.69) is 17.9 Å². The largest absolute Gasteiger partial charge is 0.384 e. The molecule has 0 aromatic rings. The van der Waals surface area contributed by atoms with Crippen LogP contribution in [0.5, 0.6) is 0 Å². The Morgan fingerprint density at radius 1 is 1.00 bits per heavy atom. The van der Waals surface area contributed by atoms with Crippen molar-refractivity contribution in [2.75, 3.05) is 0 Å². The predicted molar refractivity (Wildman–Crippen MR) is 41.1 cm³/mol. The quantitative estimate of drug-likeness (QED) is 0.381. The van der Waals surface area contributed by atoms with Crippen LogP contribution in [0.25, 0.3) is 0 Å².